The van der Waals surface area contributed by atoms with Crippen LogP contribution in [0.3, 0.4) is 0 Å². The van der Waals surface area contributed by atoms with E-state index in [1.807, 2.05) is 19.1 Å². The molecule has 3 heteroatoms. The smallest absolute Gasteiger partial charge is 0.248 e. The van der Waals surface area contributed by atoms with Gasteiger partial charge in [0, 0.05) is 18.4 Å². The minimum atomic E-state index is -0.423. The Morgan fingerprint density at radius 1 is 1.12 bits per heavy atom. The molecule has 0 heterocycles. The van der Waals surface area contributed by atoms with Gasteiger partial charge in [-0.1, -0.05) is 19.1 Å². The summed E-state index contributed by atoms with van der Waals surface area (Å²) in [4.78, 5) is 22.1. The van der Waals surface area contributed by atoms with Crippen LogP contribution in [0.2, 0.25) is 0 Å². The van der Waals surface area contributed by atoms with Gasteiger partial charge in [0.05, 0.1) is 0 Å². The predicted molar refractivity (Wildman–Crippen MR) is 63.2 cm³/mol. The molecule has 0 fully saturated rings. The number of aryl methyl sites for hydroxylation is 1. The zero-order chi connectivity index (χ0) is 12.0. The van der Waals surface area contributed by atoms with Crippen molar-refractivity contribution in [1.82, 2.24) is 0 Å². The molecule has 0 atom stereocenters. The topological polar surface area (TPSA) is 60.2 Å². The van der Waals surface area contributed by atoms with Crippen LogP contribution in [0.5, 0.6) is 0 Å². The quantitative estimate of drug-likeness (QED) is 0.796. The van der Waals surface area contributed by atoms with E-state index in [4.69, 9.17) is 5.73 Å². The van der Waals surface area contributed by atoms with Crippen molar-refractivity contribution in [3.8, 4) is 0 Å². The number of amides is 1. The van der Waals surface area contributed by atoms with Crippen molar-refractivity contribution < 1.29 is 9.59 Å². The van der Waals surface area contributed by atoms with Crippen molar-refractivity contribution in [2.45, 2.75) is 32.6 Å². The lowest BCUT2D eigenvalue weighted by Gasteiger charge is -2.01. The number of primary amides is 1. The van der Waals surface area contributed by atoms with Crippen molar-refractivity contribution in [2.24, 2.45) is 5.73 Å². The fraction of sp³-hybridized carbons (Fsp3) is 0.385. The zero-order valence-electron chi connectivity index (χ0n) is 9.53. The first kappa shape index (κ1) is 12.4. The molecule has 1 amide bonds. The molecule has 3 nitrogen and oxygen atoms in total. The fourth-order valence-corrected chi connectivity index (χ4v) is 1.52. The van der Waals surface area contributed by atoms with E-state index in [0.29, 0.717) is 24.2 Å². The van der Waals surface area contributed by atoms with Crippen LogP contribution in [-0.2, 0) is 11.2 Å². The Bertz CT molecular complexity index is 368. The number of benzene rings is 1. The van der Waals surface area contributed by atoms with Crippen molar-refractivity contribution in [1.29, 1.82) is 0 Å². The molecule has 0 aliphatic heterocycles. The lowest BCUT2D eigenvalue weighted by atomic mass is 10.0. The van der Waals surface area contributed by atoms with E-state index in [9.17, 15) is 9.59 Å². The van der Waals surface area contributed by atoms with E-state index in [1.54, 1.807) is 12.1 Å². The number of hydrogen-bond acceptors (Lipinski definition) is 2. The number of carbonyl (C=O) groups excluding carboxylic acids is 2. The van der Waals surface area contributed by atoms with Crippen LogP contribution in [0.25, 0.3) is 0 Å². The third-order valence-electron chi connectivity index (χ3n) is 2.46. The van der Waals surface area contributed by atoms with Gasteiger partial charge in [-0.3, -0.25) is 9.59 Å². The zero-order valence-corrected chi connectivity index (χ0v) is 9.53. The second kappa shape index (κ2) is 6.05. The summed E-state index contributed by atoms with van der Waals surface area (Å²) in [6, 6.07) is 7.09. The first-order valence-corrected chi connectivity index (χ1v) is 5.54. The molecule has 0 unspecified atom stereocenters. The molecule has 0 saturated carbocycles. The van der Waals surface area contributed by atoms with Crippen molar-refractivity contribution in [2.75, 3.05) is 0 Å². The summed E-state index contributed by atoms with van der Waals surface area (Å²) < 4.78 is 0. The van der Waals surface area contributed by atoms with Crippen molar-refractivity contribution in [3.63, 3.8) is 0 Å². The summed E-state index contributed by atoms with van der Waals surface area (Å²) in [5.41, 5.74) is 6.70. The van der Waals surface area contributed by atoms with E-state index in [-0.39, 0.29) is 0 Å². The average molecular weight is 219 g/mol. The number of hydrogen-bond donors (Lipinski definition) is 1. The lowest BCUT2D eigenvalue weighted by molar-refractivity contribution is -0.119. The summed E-state index contributed by atoms with van der Waals surface area (Å²) in [6.07, 6.45) is 2.86. The number of ketones is 1. The normalized spacial score (nSPS) is 10.1. The SMILES string of the molecule is CCCC(=O)CCc1ccc(C(N)=O)cc1. The van der Waals surface area contributed by atoms with Gasteiger partial charge in [0.15, 0.2) is 0 Å². The minimum absolute atomic E-state index is 0.293. The standard InChI is InChI=1S/C13H17NO2/c1-2-3-12(15)9-6-10-4-7-11(8-5-10)13(14)16/h4-5,7-8H,2-3,6,9H2,1H3,(H2,14,16). The summed E-state index contributed by atoms with van der Waals surface area (Å²) >= 11 is 0. The van der Waals surface area contributed by atoms with Crippen LogP contribution in [0, 0.1) is 0 Å². The molecule has 0 spiro atoms. The molecular weight excluding hydrogens is 202 g/mol. The maximum Gasteiger partial charge on any atom is 0.248 e. The second-order valence-corrected chi connectivity index (χ2v) is 3.85. The van der Waals surface area contributed by atoms with Crippen LogP contribution in [0.1, 0.15) is 42.1 Å². The Labute approximate surface area is 95.6 Å². The number of rotatable bonds is 6. The highest BCUT2D eigenvalue weighted by Gasteiger charge is 2.03. The van der Waals surface area contributed by atoms with E-state index in [2.05, 4.69) is 0 Å². The second-order valence-electron chi connectivity index (χ2n) is 3.85. The Hall–Kier alpha value is -1.64. The molecular formula is C13H17NO2. The highest BCUT2D eigenvalue weighted by Crippen LogP contribution is 2.07. The molecule has 0 radical (unpaired) electrons. The van der Waals surface area contributed by atoms with Gasteiger partial charge >= 0.3 is 0 Å². The maximum absolute atomic E-state index is 11.3. The number of nitrogens with two attached hydrogens (primary N) is 1. The first-order chi connectivity index (χ1) is 7.63. The Kier molecular flexibility index (Phi) is 4.70. The van der Waals surface area contributed by atoms with Gasteiger partial charge in [-0.2, -0.15) is 0 Å². The third kappa shape index (κ3) is 3.85. The molecule has 1 rings (SSSR count). The Morgan fingerprint density at radius 3 is 2.25 bits per heavy atom. The number of Topliss-reactive ketones (excluding diaryl/α,β-unsaturated/α-hetero) is 1. The summed E-state index contributed by atoms with van der Waals surface area (Å²) in [7, 11) is 0. The van der Waals surface area contributed by atoms with E-state index in [1.165, 1.54) is 0 Å². The highest BCUT2D eigenvalue weighted by molar-refractivity contribution is 5.92. The molecule has 0 aromatic heterocycles. The fourth-order valence-electron chi connectivity index (χ4n) is 1.52. The van der Waals surface area contributed by atoms with Gasteiger partial charge < -0.3 is 5.73 Å². The highest BCUT2D eigenvalue weighted by atomic mass is 16.1. The van der Waals surface area contributed by atoms with Crippen LogP contribution in [0.4, 0.5) is 0 Å². The van der Waals surface area contributed by atoms with Crippen molar-refractivity contribution in [3.05, 3.63) is 35.4 Å². The van der Waals surface area contributed by atoms with Crippen LogP contribution >= 0.6 is 0 Å². The molecule has 1 aromatic rings. The van der Waals surface area contributed by atoms with E-state index >= 15 is 0 Å². The van der Waals surface area contributed by atoms with Gasteiger partial charge in [-0.05, 0) is 30.5 Å². The average Bonchev–Trinajstić information content (AvgIpc) is 2.27. The molecule has 0 bridgehead atoms. The Morgan fingerprint density at radius 2 is 1.75 bits per heavy atom. The first-order valence-electron chi connectivity index (χ1n) is 5.54. The summed E-state index contributed by atoms with van der Waals surface area (Å²) in [5, 5.41) is 0. The summed E-state index contributed by atoms with van der Waals surface area (Å²) in [5.74, 6) is -0.130. The van der Waals surface area contributed by atoms with Gasteiger partial charge in [-0.25, -0.2) is 0 Å². The minimum Gasteiger partial charge on any atom is -0.366 e. The van der Waals surface area contributed by atoms with E-state index in [0.717, 1.165) is 18.4 Å². The van der Waals surface area contributed by atoms with Crippen molar-refractivity contribution >= 4 is 11.7 Å². The van der Waals surface area contributed by atoms with Crippen LogP contribution < -0.4 is 5.73 Å². The lowest BCUT2D eigenvalue weighted by Crippen LogP contribution is -2.10. The predicted octanol–water partition coefficient (Wildman–Crippen LogP) is 2.09. The monoisotopic (exact) mass is 219 g/mol. The van der Waals surface area contributed by atoms with Crippen LogP contribution in [0.15, 0.2) is 24.3 Å². The molecule has 86 valence electrons. The van der Waals surface area contributed by atoms with Crippen LogP contribution in [-0.4, -0.2) is 11.7 Å². The number of carbonyl (C=O) groups is 2. The summed E-state index contributed by atoms with van der Waals surface area (Å²) in [6.45, 7) is 2.00. The Balaban J connectivity index is 2.49. The largest absolute Gasteiger partial charge is 0.366 e. The molecule has 16 heavy (non-hydrogen) atoms. The maximum atomic E-state index is 11.3. The van der Waals surface area contributed by atoms with Gasteiger partial charge in [0.2, 0.25) is 5.91 Å². The molecule has 0 saturated heterocycles. The van der Waals surface area contributed by atoms with Gasteiger partial charge in [-0.15, -0.1) is 0 Å². The van der Waals surface area contributed by atoms with Gasteiger partial charge in [0.1, 0.15) is 5.78 Å². The molecule has 0 aliphatic rings. The van der Waals surface area contributed by atoms with Gasteiger partial charge in [0.25, 0.3) is 0 Å². The third-order valence-corrected chi connectivity index (χ3v) is 2.46. The van der Waals surface area contributed by atoms with E-state index < -0.39 is 5.91 Å². The molecule has 0 aliphatic carbocycles. The molecule has 2 N–H and O–H groups in total. The molecule has 1 aromatic carbocycles.